The highest BCUT2D eigenvalue weighted by molar-refractivity contribution is 8.24. The normalized spacial score (nSPS) is 21.9. The van der Waals surface area contributed by atoms with Crippen molar-refractivity contribution in [2.24, 2.45) is 0 Å². The van der Waals surface area contributed by atoms with E-state index in [4.69, 9.17) is 12.2 Å². The van der Waals surface area contributed by atoms with Crippen LogP contribution in [0.3, 0.4) is 0 Å². The minimum Gasteiger partial charge on any atom is -0.622 e. The van der Waals surface area contributed by atoms with Crippen molar-refractivity contribution < 1.29 is 4.74 Å². The molecular weight excluding hydrogens is 300 g/mol. The molecule has 0 saturated carbocycles. The van der Waals surface area contributed by atoms with Crippen LogP contribution >= 0.6 is 24.0 Å². The Hall–Kier alpha value is -1.07. The molecule has 3 nitrogen and oxygen atoms in total. The molecule has 2 rings (SSSR count). The van der Waals surface area contributed by atoms with Gasteiger partial charge in [-0.3, -0.25) is 4.90 Å². The summed E-state index contributed by atoms with van der Waals surface area (Å²) in [5, 5.41) is 12.7. The second kappa shape index (κ2) is 6.79. The predicted molar refractivity (Wildman–Crippen MR) is 94.9 cm³/mol. The van der Waals surface area contributed by atoms with Crippen LogP contribution in [-0.2, 0) is 0 Å². The zero-order chi connectivity index (χ0) is 15.5. The molecular formula is C16H22N2OS2. The summed E-state index contributed by atoms with van der Waals surface area (Å²) in [6.45, 7) is 7.17. The van der Waals surface area contributed by atoms with E-state index in [1.165, 1.54) is 0 Å². The molecule has 1 aromatic carbocycles. The molecule has 1 unspecified atom stereocenters. The lowest BCUT2D eigenvalue weighted by molar-refractivity contribution is -0.523. The molecule has 0 N–H and O–H groups in total. The van der Waals surface area contributed by atoms with Gasteiger partial charge in [0.15, 0.2) is 6.21 Å². The molecule has 114 valence electrons. The summed E-state index contributed by atoms with van der Waals surface area (Å²) >= 11 is 7.10. The van der Waals surface area contributed by atoms with E-state index in [1.54, 1.807) is 18.0 Å². The highest BCUT2D eigenvalue weighted by atomic mass is 32.2. The lowest BCUT2D eigenvalue weighted by Gasteiger charge is -2.29. The monoisotopic (exact) mass is 322 g/mol. The Kier molecular flexibility index (Phi) is 5.27. The maximum atomic E-state index is 12.7. The van der Waals surface area contributed by atoms with E-state index in [0.717, 1.165) is 34.0 Å². The van der Waals surface area contributed by atoms with Crippen LogP contribution in [0.25, 0.3) is 0 Å². The van der Waals surface area contributed by atoms with Crippen LogP contribution < -0.4 is 0 Å². The largest absolute Gasteiger partial charge is 0.622 e. The van der Waals surface area contributed by atoms with Gasteiger partial charge in [-0.1, -0.05) is 55.5 Å². The van der Waals surface area contributed by atoms with E-state index < -0.39 is 0 Å². The number of unbranched alkanes of at least 4 members (excludes halogenated alkanes) is 1. The summed E-state index contributed by atoms with van der Waals surface area (Å²) < 4.78 is 1.69. The topological polar surface area (TPSA) is 29.3 Å². The van der Waals surface area contributed by atoms with Crippen molar-refractivity contribution in [3.63, 3.8) is 0 Å². The average molecular weight is 322 g/mol. The maximum Gasteiger partial charge on any atom is 0.254 e. The third kappa shape index (κ3) is 3.77. The van der Waals surface area contributed by atoms with Gasteiger partial charge >= 0.3 is 0 Å². The fourth-order valence-corrected chi connectivity index (χ4v) is 4.48. The summed E-state index contributed by atoms with van der Waals surface area (Å²) in [4.78, 5) is 2.08. The summed E-state index contributed by atoms with van der Waals surface area (Å²) in [7, 11) is 0. The number of thiocarbonyl (C=S) groups is 1. The molecule has 1 aliphatic heterocycles. The number of hydroxylamine groups is 1. The van der Waals surface area contributed by atoms with Crippen LogP contribution in [0.1, 0.15) is 39.2 Å². The van der Waals surface area contributed by atoms with Crippen molar-refractivity contribution in [2.75, 3.05) is 6.54 Å². The molecule has 5 heteroatoms. The Morgan fingerprint density at radius 1 is 1.38 bits per heavy atom. The summed E-state index contributed by atoms with van der Waals surface area (Å²) in [5.41, 5.74) is 0.918. The molecule has 1 aromatic rings. The van der Waals surface area contributed by atoms with Crippen molar-refractivity contribution in [3.05, 3.63) is 41.1 Å². The van der Waals surface area contributed by atoms with E-state index in [9.17, 15) is 5.21 Å². The van der Waals surface area contributed by atoms with E-state index in [2.05, 4.69) is 25.7 Å². The van der Waals surface area contributed by atoms with Crippen molar-refractivity contribution in [3.8, 4) is 0 Å². The van der Waals surface area contributed by atoms with Crippen LogP contribution in [0, 0.1) is 5.21 Å². The molecule has 1 aliphatic rings. The molecule has 0 aliphatic carbocycles. The van der Waals surface area contributed by atoms with Gasteiger partial charge in [-0.05, 0) is 32.4 Å². The highest BCUT2D eigenvalue weighted by Gasteiger charge is 2.50. The van der Waals surface area contributed by atoms with Crippen LogP contribution in [0.5, 0.6) is 0 Å². The van der Waals surface area contributed by atoms with Crippen LogP contribution in [0.15, 0.2) is 30.3 Å². The minimum atomic E-state index is -0.248. The van der Waals surface area contributed by atoms with E-state index in [0.29, 0.717) is 0 Å². The highest BCUT2D eigenvalue weighted by Crippen LogP contribution is 2.41. The van der Waals surface area contributed by atoms with Gasteiger partial charge in [0.1, 0.15) is 9.07 Å². The molecule has 1 saturated heterocycles. The van der Waals surface area contributed by atoms with Gasteiger partial charge in [0.05, 0.1) is 0 Å². The SMILES string of the molecule is CCCCN1C(=S)SC(C)(C)C1[N+]([O-])=Cc1ccccc1. The fourth-order valence-electron chi connectivity index (χ4n) is 2.55. The summed E-state index contributed by atoms with van der Waals surface area (Å²) in [6.07, 6.45) is 3.56. The van der Waals surface area contributed by atoms with Gasteiger partial charge in [-0.2, -0.15) is 4.74 Å². The van der Waals surface area contributed by atoms with Crippen molar-refractivity contribution in [1.29, 1.82) is 0 Å². The second-order valence-electron chi connectivity index (χ2n) is 5.79. The maximum absolute atomic E-state index is 12.7. The van der Waals surface area contributed by atoms with Crippen molar-refractivity contribution in [1.82, 2.24) is 4.90 Å². The average Bonchev–Trinajstić information content (AvgIpc) is 2.66. The van der Waals surface area contributed by atoms with E-state index in [1.807, 2.05) is 30.3 Å². The van der Waals surface area contributed by atoms with E-state index >= 15 is 0 Å². The molecule has 21 heavy (non-hydrogen) atoms. The lowest BCUT2D eigenvalue weighted by Crippen LogP contribution is -2.48. The standard InChI is InChI=1S/C16H22N2OS2/c1-4-5-11-17-14(16(2,3)21-15(17)20)18(19)12-13-9-7-6-8-10-13/h6-10,12,14H,4-5,11H2,1-3H3. The first kappa shape index (κ1) is 16.3. The Bertz CT molecular complexity index is 528. The molecule has 0 bridgehead atoms. The number of benzene rings is 1. The summed E-state index contributed by atoms with van der Waals surface area (Å²) in [6, 6.07) is 9.70. The fraction of sp³-hybridized carbons (Fsp3) is 0.500. The molecule has 0 spiro atoms. The predicted octanol–water partition coefficient (Wildman–Crippen LogP) is 3.85. The van der Waals surface area contributed by atoms with Gasteiger partial charge in [0, 0.05) is 12.1 Å². The minimum absolute atomic E-state index is 0.210. The van der Waals surface area contributed by atoms with Crippen LogP contribution in [-0.4, -0.2) is 37.6 Å². The Morgan fingerprint density at radius 2 is 2.05 bits per heavy atom. The lowest BCUT2D eigenvalue weighted by atomic mass is 10.1. The molecule has 0 radical (unpaired) electrons. The van der Waals surface area contributed by atoms with E-state index in [-0.39, 0.29) is 10.9 Å². The molecule has 0 amide bonds. The number of hydrogen-bond donors (Lipinski definition) is 0. The number of rotatable bonds is 5. The molecule has 1 atom stereocenters. The van der Waals surface area contributed by atoms with Gasteiger partial charge in [0.25, 0.3) is 6.17 Å². The zero-order valence-corrected chi connectivity index (χ0v) is 14.4. The third-order valence-corrected chi connectivity index (χ3v) is 5.20. The second-order valence-corrected chi connectivity index (χ2v) is 8.08. The smallest absolute Gasteiger partial charge is 0.254 e. The number of thioether (sulfide) groups is 1. The molecule has 1 fully saturated rings. The van der Waals surface area contributed by atoms with Crippen molar-refractivity contribution >= 4 is 34.5 Å². The first-order valence-electron chi connectivity index (χ1n) is 7.30. The number of hydrogen-bond acceptors (Lipinski definition) is 3. The Balaban J connectivity index is 2.28. The Morgan fingerprint density at radius 3 is 2.67 bits per heavy atom. The first-order valence-corrected chi connectivity index (χ1v) is 8.53. The Labute approximate surface area is 136 Å². The van der Waals surface area contributed by atoms with Gasteiger partial charge in [0.2, 0.25) is 0 Å². The molecule has 1 heterocycles. The van der Waals surface area contributed by atoms with Gasteiger partial charge in [-0.15, -0.1) is 0 Å². The van der Waals surface area contributed by atoms with Crippen LogP contribution in [0.2, 0.25) is 0 Å². The summed E-state index contributed by atoms with van der Waals surface area (Å²) in [5.74, 6) is 0. The quantitative estimate of drug-likeness (QED) is 0.271. The first-order chi connectivity index (χ1) is 9.95. The van der Waals surface area contributed by atoms with Gasteiger partial charge in [-0.25, -0.2) is 0 Å². The van der Waals surface area contributed by atoms with Crippen LogP contribution in [0.4, 0.5) is 0 Å². The molecule has 0 aromatic heterocycles. The van der Waals surface area contributed by atoms with Crippen molar-refractivity contribution in [2.45, 2.75) is 44.5 Å². The third-order valence-electron chi connectivity index (χ3n) is 3.57. The van der Waals surface area contributed by atoms with Gasteiger partial charge < -0.3 is 5.21 Å². The number of nitrogens with zero attached hydrogens (tertiary/aromatic N) is 2. The zero-order valence-electron chi connectivity index (χ0n) is 12.8.